The first-order valence-corrected chi connectivity index (χ1v) is 7.87. The molecule has 0 saturated carbocycles. The number of hydrogen-bond acceptors (Lipinski definition) is 3. The number of fused-ring (bicyclic) bond motifs is 1. The molecule has 2 rings (SSSR count). The smallest absolute Gasteiger partial charge is 0.290 e. The van der Waals surface area contributed by atoms with Gasteiger partial charge in [-0.15, -0.1) is 0 Å². The summed E-state index contributed by atoms with van der Waals surface area (Å²) < 4.78 is 1.81. The van der Waals surface area contributed by atoms with Crippen molar-refractivity contribution in [3.8, 4) is 0 Å². The van der Waals surface area contributed by atoms with Crippen molar-refractivity contribution >= 4 is 17.3 Å². The predicted molar refractivity (Wildman–Crippen MR) is 89.4 cm³/mol. The second kappa shape index (κ2) is 7.20. The molecule has 5 heteroatoms. The van der Waals surface area contributed by atoms with E-state index in [2.05, 4.69) is 29.4 Å². The molecule has 5 nitrogen and oxygen atoms in total. The van der Waals surface area contributed by atoms with Crippen LogP contribution in [0.2, 0.25) is 0 Å². The van der Waals surface area contributed by atoms with Gasteiger partial charge in [-0.3, -0.25) is 9.20 Å². The molecule has 2 heterocycles. The molecule has 0 spiro atoms. The van der Waals surface area contributed by atoms with Crippen LogP contribution in [0.1, 0.15) is 61.3 Å². The number of aromatic nitrogens is 2. The van der Waals surface area contributed by atoms with Crippen molar-refractivity contribution in [2.24, 2.45) is 5.10 Å². The van der Waals surface area contributed by atoms with Gasteiger partial charge in [0.25, 0.3) is 5.91 Å². The highest BCUT2D eigenvalue weighted by atomic mass is 16.2. The van der Waals surface area contributed by atoms with E-state index >= 15 is 0 Å². The van der Waals surface area contributed by atoms with Crippen LogP contribution in [0.4, 0.5) is 0 Å². The zero-order valence-corrected chi connectivity index (χ0v) is 13.8. The van der Waals surface area contributed by atoms with E-state index in [9.17, 15) is 4.79 Å². The number of imidazole rings is 1. The zero-order valence-electron chi connectivity index (χ0n) is 13.8. The molecule has 0 radical (unpaired) electrons. The van der Waals surface area contributed by atoms with Crippen LogP contribution >= 0.6 is 0 Å². The molecule has 0 aromatic carbocycles. The van der Waals surface area contributed by atoms with E-state index in [4.69, 9.17) is 0 Å². The van der Waals surface area contributed by atoms with Gasteiger partial charge in [-0.05, 0) is 44.4 Å². The summed E-state index contributed by atoms with van der Waals surface area (Å²) in [5, 5.41) is 4.30. The molecule has 0 fully saturated rings. The monoisotopic (exact) mass is 300 g/mol. The Kier molecular flexibility index (Phi) is 5.31. The molecular formula is C17H24N4O. The van der Waals surface area contributed by atoms with Gasteiger partial charge in [0.2, 0.25) is 0 Å². The normalized spacial score (nSPS) is 10.7. The van der Waals surface area contributed by atoms with Gasteiger partial charge in [0.15, 0.2) is 0 Å². The highest BCUT2D eigenvalue weighted by Gasteiger charge is 2.16. The minimum absolute atomic E-state index is 0.210. The third kappa shape index (κ3) is 3.53. The van der Waals surface area contributed by atoms with Crippen LogP contribution in [0.3, 0.4) is 0 Å². The van der Waals surface area contributed by atoms with Crippen LogP contribution in [0.25, 0.3) is 5.65 Å². The van der Waals surface area contributed by atoms with Gasteiger partial charge in [0.05, 0.1) is 5.69 Å². The van der Waals surface area contributed by atoms with Gasteiger partial charge in [-0.25, -0.2) is 10.4 Å². The fraction of sp³-hybridized carbons (Fsp3) is 0.471. The summed E-state index contributed by atoms with van der Waals surface area (Å²) in [4.78, 5) is 16.9. The zero-order chi connectivity index (χ0) is 16.1. The molecule has 2 aromatic heterocycles. The number of pyridine rings is 1. The molecule has 1 N–H and O–H groups in total. The summed E-state index contributed by atoms with van der Waals surface area (Å²) in [6, 6.07) is 3.93. The molecule has 0 saturated heterocycles. The number of rotatable bonds is 6. The molecule has 0 bridgehead atoms. The van der Waals surface area contributed by atoms with E-state index in [1.165, 1.54) is 0 Å². The highest BCUT2D eigenvalue weighted by molar-refractivity contribution is 5.95. The second-order valence-corrected chi connectivity index (χ2v) is 5.60. The third-order valence-corrected chi connectivity index (χ3v) is 3.56. The van der Waals surface area contributed by atoms with Crippen molar-refractivity contribution in [1.82, 2.24) is 14.8 Å². The minimum atomic E-state index is -0.210. The predicted octanol–water partition coefficient (Wildman–Crippen LogP) is 3.64. The number of nitrogens with zero attached hydrogens (tertiary/aromatic N) is 3. The Balaban J connectivity index is 2.26. The maximum absolute atomic E-state index is 12.5. The van der Waals surface area contributed by atoms with Crippen molar-refractivity contribution in [3.63, 3.8) is 0 Å². The Labute approximate surface area is 131 Å². The standard InChI is InChI=1S/C17H24N4O/c1-5-7-14(8-6-2)19-20-17(22)16-13(4)18-15-11-12(3)9-10-21(15)16/h9-11H,5-8H2,1-4H3,(H,20,22). The fourth-order valence-electron chi connectivity index (χ4n) is 2.53. The van der Waals surface area contributed by atoms with E-state index in [0.29, 0.717) is 11.4 Å². The first-order chi connectivity index (χ1) is 10.6. The SMILES string of the molecule is CCCC(CCC)=NNC(=O)c1c(C)nc2cc(C)ccn12. The van der Waals surface area contributed by atoms with Gasteiger partial charge in [0.1, 0.15) is 11.3 Å². The number of hydrogen-bond donors (Lipinski definition) is 1. The Morgan fingerprint density at radius 2 is 1.95 bits per heavy atom. The van der Waals surface area contributed by atoms with Gasteiger partial charge >= 0.3 is 0 Å². The van der Waals surface area contributed by atoms with Gasteiger partial charge in [-0.2, -0.15) is 5.10 Å². The quantitative estimate of drug-likeness (QED) is 0.654. The summed E-state index contributed by atoms with van der Waals surface area (Å²) in [6.07, 6.45) is 5.77. The molecule has 22 heavy (non-hydrogen) atoms. The first kappa shape index (κ1) is 16.2. The van der Waals surface area contributed by atoms with Crippen molar-refractivity contribution in [1.29, 1.82) is 0 Å². The van der Waals surface area contributed by atoms with Gasteiger partial charge in [-0.1, -0.05) is 26.7 Å². The molecule has 0 unspecified atom stereocenters. The maximum atomic E-state index is 12.5. The van der Waals surface area contributed by atoms with Crippen LogP contribution < -0.4 is 5.43 Å². The van der Waals surface area contributed by atoms with E-state index in [1.54, 1.807) is 0 Å². The van der Waals surface area contributed by atoms with E-state index in [1.807, 2.05) is 36.6 Å². The summed E-state index contributed by atoms with van der Waals surface area (Å²) in [7, 11) is 0. The van der Waals surface area contributed by atoms with Crippen LogP contribution in [0, 0.1) is 13.8 Å². The molecular weight excluding hydrogens is 276 g/mol. The number of amides is 1. The first-order valence-electron chi connectivity index (χ1n) is 7.87. The topological polar surface area (TPSA) is 58.8 Å². The van der Waals surface area contributed by atoms with Crippen molar-refractivity contribution in [2.75, 3.05) is 0 Å². The molecule has 1 amide bonds. The molecule has 0 aliphatic carbocycles. The van der Waals surface area contributed by atoms with Gasteiger partial charge in [0, 0.05) is 11.9 Å². The van der Waals surface area contributed by atoms with E-state index in [-0.39, 0.29) is 5.91 Å². The van der Waals surface area contributed by atoms with Crippen LogP contribution in [-0.2, 0) is 0 Å². The Hall–Kier alpha value is -2.17. The van der Waals surface area contributed by atoms with E-state index < -0.39 is 0 Å². The van der Waals surface area contributed by atoms with Crippen molar-refractivity contribution in [2.45, 2.75) is 53.4 Å². The maximum Gasteiger partial charge on any atom is 0.290 e. The third-order valence-electron chi connectivity index (χ3n) is 3.56. The Morgan fingerprint density at radius 1 is 1.27 bits per heavy atom. The van der Waals surface area contributed by atoms with Crippen LogP contribution in [0.15, 0.2) is 23.4 Å². The number of carbonyl (C=O) groups is 1. The Bertz CT molecular complexity index is 692. The molecule has 118 valence electrons. The molecule has 0 atom stereocenters. The molecule has 0 aliphatic heterocycles. The number of hydrazone groups is 1. The lowest BCUT2D eigenvalue weighted by atomic mass is 10.1. The number of carbonyl (C=O) groups excluding carboxylic acids is 1. The lowest BCUT2D eigenvalue weighted by Crippen LogP contribution is -2.22. The Morgan fingerprint density at radius 3 is 2.59 bits per heavy atom. The van der Waals surface area contributed by atoms with Crippen LogP contribution in [-0.4, -0.2) is 21.0 Å². The summed E-state index contributed by atoms with van der Waals surface area (Å²) in [5.74, 6) is -0.210. The largest absolute Gasteiger partial charge is 0.295 e. The average molecular weight is 300 g/mol. The lowest BCUT2D eigenvalue weighted by Gasteiger charge is -2.06. The average Bonchev–Trinajstić information content (AvgIpc) is 2.80. The van der Waals surface area contributed by atoms with Crippen LogP contribution in [0.5, 0.6) is 0 Å². The summed E-state index contributed by atoms with van der Waals surface area (Å²) >= 11 is 0. The number of aryl methyl sites for hydroxylation is 2. The lowest BCUT2D eigenvalue weighted by molar-refractivity contribution is 0.0948. The minimum Gasteiger partial charge on any atom is -0.295 e. The fourth-order valence-corrected chi connectivity index (χ4v) is 2.53. The summed E-state index contributed by atoms with van der Waals surface area (Å²) in [6.45, 7) is 8.09. The molecule has 2 aromatic rings. The van der Waals surface area contributed by atoms with Crippen molar-refractivity contribution < 1.29 is 4.79 Å². The second-order valence-electron chi connectivity index (χ2n) is 5.60. The highest BCUT2D eigenvalue weighted by Crippen LogP contribution is 2.13. The number of nitrogens with one attached hydrogen (secondary N) is 1. The van der Waals surface area contributed by atoms with Crippen molar-refractivity contribution in [3.05, 3.63) is 35.3 Å². The van der Waals surface area contributed by atoms with E-state index in [0.717, 1.165) is 42.6 Å². The molecule has 0 aliphatic rings. The van der Waals surface area contributed by atoms with Gasteiger partial charge < -0.3 is 0 Å². The summed E-state index contributed by atoms with van der Waals surface area (Å²) in [5.41, 5.74) is 6.90.